The number of urea groups is 1. The molecule has 2 aromatic rings. The third-order valence-electron chi connectivity index (χ3n) is 3.55. The number of imide groups is 1. The largest absolute Gasteiger partial charge is 0.481 e. The number of hydrogen-bond donors (Lipinski definition) is 3. The van der Waals surface area contributed by atoms with Gasteiger partial charge in [-0.25, -0.2) is 9.69 Å². The van der Waals surface area contributed by atoms with Crippen LogP contribution >= 0.6 is 11.6 Å². The number of nitrogens with zero attached hydrogens (tertiary/aromatic N) is 2. The maximum atomic E-state index is 12.7. The van der Waals surface area contributed by atoms with Crippen molar-refractivity contribution in [1.82, 2.24) is 0 Å². The molecule has 1 atom stereocenters. The number of nitrogens with one attached hydrogen (secondary N) is 1. The van der Waals surface area contributed by atoms with E-state index < -0.39 is 35.3 Å². The van der Waals surface area contributed by atoms with E-state index in [4.69, 9.17) is 22.4 Å². The highest BCUT2D eigenvalue weighted by atomic mass is 35.5. The molecule has 0 saturated carbocycles. The fourth-order valence-corrected chi connectivity index (χ4v) is 2.35. The molecule has 0 unspecified atom stereocenters. The summed E-state index contributed by atoms with van der Waals surface area (Å²) >= 11 is 5.82. The summed E-state index contributed by atoms with van der Waals surface area (Å²) in [5.41, 5.74) is 5.75. The van der Waals surface area contributed by atoms with Crippen LogP contribution < -0.4 is 16.0 Å². The topological polar surface area (TPSA) is 156 Å². The Bertz CT molecular complexity index is 901. The number of carboxylic acids is 1. The van der Waals surface area contributed by atoms with E-state index in [1.54, 1.807) is 0 Å². The molecule has 0 aliphatic carbocycles. The second-order valence-electron chi connectivity index (χ2n) is 5.59. The number of carboxylic acid groups (broad SMARTS) is 1. The zero-order valence-electron chi connectivity index (χ0n) is 14.2. The number of nitro benzene ring substituents is 1. The first-order chi connectivity index (χ1) is 13.2. The van der Waals surface area contributed by atoms with Crippen LogP contribution in [0.25, 0.3) is 0 Å². The molecule has 2 aromatic carbocycles. The molecule has 2 rings (SSSR count). The van der Waals surface area contributed by atoms with Gasteiger partial charge in [0.1, 0.15) is 0 Å². The van der Waals surface area contributed by atoms with Crippen LogP contribution in [0, 0.1) is 10.1 Å². The molecule has 0 aliphatic rings. The number of halogens is 1. The predicted octanol–water partition coefficient (Wildman–Crippen LogP) is 2.62. The van der Waals surface area contributed by atoms with Crippen molar-refractivity contribution >= 4 is 46.6 Å². The summed E-state index contributed by atoms with van der Waals surface area (Å²) in [6.07, 6.45) is -0.673. The molecule has 28 heavy (non-hydrogen) atoms. The van der Waals surface area contributed by atoms with Crippen LogP contribution in [0.4, 0.5) is 21.9 Å². The zero-order valence-corrected chi connectivity index (χ0v) is 15.0. The van der Waals surface area contributed by atoms with E-state index in [0.29, 0.717) is 9.92 Å². The summed E-state index contributed by atoms with van der Waals surface area (Å²) in [6.45, 7) is 0. The summed E-state index contributed by atoms with van der Waals surface area (Å²) in [5, 5.41) is 22.3. The summed E-state index contributed by atoms with van der Waals surface area (Å²) in [5.74, 6) is -2.24. The van der Waals surface area contributed by atoms with E-state index in [9.17, 15) is 24.5 Å². The Balaban J connectivity index is 2.30. The maximum Gasteiger partial charge on any atom is 0.333 e. The van der Waals surface area contributed by atoms with Gasteiger partial charge in [0.15, 0.2) is 0 Å². The van der Waals surface area contributed by atoms with Crippen LogP contribution in [-0.4, -0.2) is 34.0 Å². The SMILES string of the molecule is N[C@@H](CC(=O)O)C(=O)N(C(=O)Nc1ccc([N+](=O)[O-])cc1)c1ccc(Cl)cc1. The first-order valence-corrected chi connectivity index (χ1v) is 8.19. The van der Waals surface area contributed by atoms with Gasteiger partial charge in [-0.15, -0.1) is 0 Å². The number of rotatable bonds is 6. The average Bonchev–Trinajstić information content (AvgIpc) is 2.63. The Morgan fingerprint density at radius 3 is 2.21 bits per heavy atom. The molecule has 0 spiro atoms. The van der Waals surface area contributed by atoms with Gasteiger partial charge in [0, 0.05) is 22.8 Å². The molecule has 11 heteroatoms. The number of carbonyl (C=O) groups excluding carboxylic acids is 2. The fraction of sp³-hybridized carbons (Fsp3) is 0.118. The number of hydrogen-bond acceptors (Lipinski definition) is 6. The van der Waals surface area contributed by atoms with Crippen molar-refractivity contribution in [3.8, 4) is 0 Å². The number of amides is 3. The number of carbonyl (C=O) groups is 3. The number of anilines is 2. The van der Waals surface area contributed by atoms with Gasteiger partial charge in [-0.2, -0.15) is 0 Å². The number of benzene rings is 2. The van der Waals surface area contributed by atoms with Crippen molar-refractivity contribution in [1.29, 1.82) is 0 Å². The lowest BCUT2D eigenvalue weighted by atomic mass is 10.1. The van der Waals surface area contributed by atoms with Gasteiger partial charge in [0.25, 0.3) is 11.6 Å². The fourth-order valence-electron chi connectivity index (χ4n) is 2.22. The molecule has 3 amide bonds. The lowest BCUT2D eigenvalue weighted by Gasteiger charge is -2.24. The van der Waals surface area contributed by atoms with Crippen LogP contribution in [0.1, 0.15) is 6.42 Å². The maximum absolute atomic E-state index is 12.7. The molecule has 0 aromatic heterocycles. The summed E-state index contributed by atoms with van der Waals surface area (Å²) in [4.78, 5) is 46.9. The van der Waals surface area contributed by atoms with Crippen molar-refractivity contribution < 1.29 is 24.4 Å². The molecule has 10 nitrogen and oxygen atoms in total. The molecule has 0 radical (unpaired) electrons. The van der Waals surface area contributed by atoms with Crippen LogP contribution in [0.3, 0.4) is 0 Å². The quantitative estimate of drug-likeness (QED) is 0.491. The summed E-state index contributed by atoms with van der Waals surface area (Å²) in [7, 11) is 0. The molecule has 4 N–H and O–H groups in total. The lowest BCUT2D eigenvalue weighted by molar-refractivity contribution is -0.384. The van der Waals surface area contributed by atoms with E-state index in [2.05, 4.69) is 5.32 Å². The minimum atomic E-state index is -1.46. The highest BCUT2D eigenvalue weighted by Crippen LogP contribution is 2.21. The molecular weight excluding hydrogens is 392 g/mol. The zero-order chi connectivity index (χ0) is 20.8. The van der Waals surface area contributed by atoms with Crippen molar-refractivity contribution in [3.63, 3.8) is 0 Å². The van der Waals surface area contributed by atoms with Gasteiger partial charge < -0.3 is 16.2 Å². The Labute approximate surface area is 163 Å². The van der Waals surface area contributed by atoms with Crippen LogP contribution in [-0.2, 0) is 9.59 Å². The molecule has 0 heterocycles. The molecule has 0 saturated heterocycles. The standard InChI is InChI=1S/C17H15ClN4O6/c18-10-1-5-12(6-2-10)21(16(25)14(19)9-15(23)24)17(26)20-11-3-7-13(8-4-11)22(27)28/h1-8,14H,9,19H2,(H,20,26)(H,23,24)/t14-/m0/s1. The van der Waals surface area contributed by atoms with E-state index in [1.807, 2.05) is 0 Å². The van der Waals surface area contributed by atoms with Gasteiger partial charge in [0.2, 0.25) is 0 Å². The smallest absolute Gasteiger partial charge is 0.333 e. The Kier molecular flexibility index (Phi) is 6.64. The first-order valence-electron chi connectivity index (χ1n) is 7.81. The number of aliphatic carboxylic acids is 1. The number of nitro groups is 1. The van der Waals surface area contributed by atoms with Gasteiger partial charge in [0.05, 0.1) is 23.1 Å². The Hall–Kier alpha value is -3.50. The van der Waals surface area contributed by atoms with Crippen molar-refractivity contribution in [2.24, 2.45) is 5.73 Å². The highest BCUT2D eigenvalue weighted by Gasteiger charge is 2.29. The third kappa shape index (κ3) is 5.25. The minimum Gasteiger partial charge on any atom is -0.481 e. The van der Waals surface area contributed by atoms with E-state index in [0.717, 1.165) is 0 Å². The molecule has 0 aliphatic heterocycles. The Morgan fingerprint density at radius 1 is 1.14 bits per heavy atom. The second-order valence-corrected chi connectivity index (χ2v) is 6.02. The van der Waals surface area contributed by atoms with Gasteiger partial charge in [-0.3, -0.25) is 19.7 Å². The monoisotopic (exact) mass is 406 g/mol. The lowest BCUT2D eigenvalue weighted by Crippen LogP contribution is -2.49. The highest BCUT2D eigenvalue weighted by molar-refractivity contribution is 6.30. The molecule has 146 valence electrons. The van der Waals surface area contributed by atoms with E-state index >= 15 is 0 Å². The third-order valence-corrected chi connectivity index (χ3v) is 3.80. The predicted molar refractivity (Wildman–Crippen MR) is 101 cm³/mol. The van der Waals surface area contributed by atoms with E-state index in [-0.39, 0.29) is 17.1 Å². The second kappa shape index (κ2) is 8.93. The van der Waals surface area contributed by atoms with Gasteiger partial charge in [-0.1, -0.05) is 11.6 Å². The number of non-ortho nitro benzene ring substituents is 1. The van der Waals surface area contributed by atoms with E-state index in [1.165, 1.54) is 48.5 Å². The first kappa shape index (κ1) is 20.8. The molecule has 0 fully saturated rings. The van der Waals surface area contributed by atoms with Gasteiger partial charge in [-0.05, 0) is 36.4 Å². The molecule has 0 bridgehead atoms. The van der Waals surface area contributed by atoms with Crippen molar-refractivity contribution in [3.05, 3.63) is 63.7 Å². The average molecular weight is 407 g/mol. The van der Waals surface area contributed by atoms with Crippen LogP contribution in [0.15, 0.2) is 48.5 Å². The molecular formula is C17H15ClN4O6. The van der Waals surface area contributed by atoms with Crippen LogP contribution in [0.5, 0.6) is 0 Å². The minimum absolute atomic E-state index is 0.120. The Morgan fingerprint density at radius 2 is 1.71 bits per heavy atom. The summed E-state index contributed by atoms with van der Waals surface area (Å²) < 4.78 is 0. The van der Waals surface area contributed by atoms with Crippen LogP contribution in [0.2, 0.25) is 5.02 Å². The van der Waals surface area contributed by atoms with Crippen molar-refractivity contribution in [2.45, 2.75) is 12.5 Å². The number of nitrogens with two attached hydrogens (primary N) is 1. The normalized spacial score (nSPS) is 11.4. The summed E-state index contributed by atoms with van der Waals surface area (Å²) in [6, 6.07) is 8.23. The van der Waals surface area contributed by atoms with Crippen molar-refractivity contribution in [2.75, 3.05) is 10.2 Å². The van der Waals surface area contributed by atoms with Gasteiger partial charge >= 0.3 is 12.0 Å².